The summed E-state index contributed by atoms with van der Waals surface area (Å²) in [7, 11) is 3.94. The molecule has 2 saturated carbocycles. The molecule has 0 atom stereocenters. The van der Waals surface area contributed by atoms with Crippen molar-refractivity contribution in [2.75, 3.05) is 0 Å². The van der Waals surface area contributed by atoms with Gasteiger partial charge in [0.2, 0.25) is 0 Å². The molecule has 3 aromatic heterocycles. The summed E-state index contributed by atoms with van der Waals surface area (Å²) in [6.45, 7) is 0. The van der Waals surface area contributed by atoms with E-state index >= 15 is 0 Å². The number of alkyl halides is 1. The monoisotopic (exact) mass is 534 g/mol. The molecular formula is C24H25Cl3N6O2. The zero-order chi connectivity index (χ0) is 22.9. The molecule has 0 aliphatic heterocycles. The minimum atomic E-state index is -0.368. The lowest BCUT2D eigenvalue weighted by Gasteiger charge is -2.10. The van der Waals surface area contributed by atoms with Crippen LogP contribution in [0.15, 0.2) is 30.5 Å². The SMILES string of the molecule is Cl.Cl.Cn1cc2cc(-c3nc(-c4cccc([N+](=O)[O-])c4CCl)c(C4CC4)n3C)c(C3CC3)nc2n1. The van der Waals surface area contributed by atoms with E-state index in [1.54, 1.807) is 10.7 Å². The van der Waals surface area contributed by atoms with Crippen molar-refractivity contribution < 1.29 is 4.92 Å². The zero-order valence-corrected chi connectivity index (χ0v) is 21.7. The van der Waals surface area contributed by atoms with Crippen LogP contribution in [0.1, 0.15) is 54.5 Å². The zero-order valence-electron chi connectivity index (χ0n) is 19.3. The third-order valence-electron chi connectivity index (χ3n) is 6.68. The lowest BCUT2D eigenvalue weighted by Crippen LogP contribution is -2.02. The van der Waals surface area contributed by atoms with Gasteiger partial charge in [-0.2, -0.15) is 5.10 Å². The van der Waals surface area contributed by atoms with E-state index in [9.17, 15) is 10.1 Å². The molecule has 11 heteroatoms. The number of imidazole rings is 1. The summed E-state index contributed by atoms with van der Waals surface area (Å²) in [5.41, 5.74) is 6.01. The van der Waals surface area contributed by atoms with Crippen molar-refractivity contribution in [2.24, 2.45) is 14.1 Å². The number of nitrogens with zero attached hydrogens (tertiary/aromatic N) is 6. The van der Waals surface area contributed by atoms with Gasteiger partial charge in [0.05, 0.1) is 27.8 Å². The van der Waals surface area contributed by atoms with Gasteiger partial charge in [0, 0.05) is 60.4 Å². The molecule has 6 rings (SSSR count). The van der Waals surface area contributed by atoms with E-state index in [-0.39, 0.29) is 41.3 Å². The number of hydrogen-bond donors (Lipinski definition) is 0. The van der Waals surface area contributed by atoms with E-state index in [1.165, 1.54) is 6.07 Å². The summed E-state index contributed by atoms with van der Waals surface area (Å²) >= 11 is 6.23. The number of aromatic nitrogens is 5. The number of pyridine rings is 1. The number of benzene rings is 1. The molecule has 8 nitrogen and oxygen atoms in total. The minimum absolute atomic E-state index is 0. The molecule has 0 unspecified atom stereocenters. The van der Waals surface area contributed by atoms with E-state index in [1.807, 2.05) is 26.4 Å². The third-order valence-corrected chi connectivity index (χ3v) is 6.95. The second kappa shape index (κ2) is 9.41. The van der Waals surface area contributed by atoms with Crippen molar-refractivity contribution in [1.29, 1.82) is 0 Å². The summed E-state index contributed by atoms with van der Waals surface area (Å²) in [6, 6.07) is 7.26. The highest BCUT2D eigenvalue weighted by atomic mass is 35.5. The van der Waals surface area contributed by atoms with E-state index in [2.05, 4.69) is 15.7 Å². The van der Waals surface area contributed by atoms with Crippen LogP contribution in [0.2, 0.25) is 0 Å². The smallest absolute Gasteiger partial charge is 0.274 e. The number of rotatable bonds is 6. The van der Waals surface area contributed by atoms with E-state index in [0.717, 1.165) is 70.7 Å². The van der Waals surface area contributed by atoms with Gasteiger partial charge in [-0.3, -0.25) is 14.8 Å². The highest BCUT2D eigenvalue weighted by Gasteiger charge is 2.36. The fourth-order valence-electron chi connectivity index (χ4n) is 4.82. The number of aryl methyl sites for hydroxylation is 1. The Bertz CT molecular complexity index is 1440. The second-order valence-corrected chi connectivity index (χ2v) is 9.37. The molecule has 0 bridgehead atoms. The Hall–Kier alpha value is -2.68. The van der Waals surface area contributed by atoms with Gasteiger partial charge in [0.25, 0.3) is 5.69 Å². The molecule has 0 N–H and O–H groups in total. The van der Waals surface area contributed by atoms with Crippen molar-refractivity contribution in [3.05, 3.63) is 57.5 Å². The fraction of sp³-hybridized carbons (Fsp3) is 0.375. The van der Waals surface area contributed by atoms with E-state index in [4.69, 9.17) is 21.6 Å². The van der Waals surface area contributed by atoms with Crippen LogP contribution in [0, 0.1) is 10.1 Å². The topological polar surface area (TPSA) is 91.7 Å². The quantitative estimate of drug-likeness (QED) is 0.165. The lowest BCUT2D eigenvalue weighted by atomic mass is 10.0. The molecule has 3 heterocycles. The number of nitro benzene ring substituents is 1. The molecule has 0 saturated heterocycles. The second-order valence-electron chi connectivity index (χ2n) is 9.11. The van der Waals surface area contributed by atoms with Crippen LogP contribution in [-0.2, 0) is 20.0 Å². The Balaban J connectivity index is 0.00000144. The first kappa shape index (κ1) is 25.4. The highest BCUT2D eigenvalue weighted by Crippen LogP contribution is 2.49. The Morgan fingerprint density at radius 1 is 1.09 bits per heavy atom. The van der Waals surface area contributed by atoms with Gasteiger partial charge in [0.1, 0.15) is 5.82 Å². The molecule has 1 aromatic carbocycles. The van der Waals surface area contributed by atoms with Gasteiger partial charge in [-0.1, -0.05) is 12.1 Å². The average Bonchev–Trinajstić information content (AvgIpc) is 3.72. The summed E-state index contributed by atoms with van der Waals surface area (Å²) in [4.78, 5) is 21.3. The van der Waals surface area contributed by atoms with Crippen molar-refractivity contribution in [3.8, 4) is 22.6 Å². The average molecular weight is 536 g/mol. The Kier molecular flexibility index (Phi) is 6.83. The Labute approximate surface area is 219 Å². The van der Waals surface area contributed by atoms with E-state index < -0.39 is 0 Å². The van der Waals surface area contributed by atoms with Gasteiger partial charge in [0.15, 0.2) is 5.65 Å². The van der Waals surface area contributed by atoms with Crippen LogP contribution in [0.4, 0.5) is 5.69 Å². The van der Waals surface area contributed by atoms with Gasteiger partial charge in [-0.05, 0) is 31.7 Å². The normalized spacial score (nSPS) is 15.1. The summed E-state index contributed by atoms with van der Waals surface area (Å²) in [5.74, 6) is 1.72. The van der Waals surface area contributed by atoms with Gasteiger partial charge in [-0.25, -0.2) is 9.97 Å². The fourth-order valence-corrected chi connectivity index (χ4v) is 5.10. The number of nitro groups is 1. The molecule has 0 amide bonds. The maximum absolute atomic E-state index is 11.6. The van der Waals surface area contributed by atoms with Crippen molar-refractivity contribution in [1.82, 2.24) is 24.3 Å². The van der Waals surface area contributed by atoms with Crippen LogP contribution in [0.25, 0.3) is 33.7 Å². The number of fused-ring (bicyclic) bond motifs is 1. The maximum atomic E-state index is 11.6. The first-order valence-electron chi connectivity index (χ1n) is 11.2. The number of hydrogen-bond acceptors (Lipinski definition) is 5. The third kappa shape index (κ3) is 4.28. The van der Waals surface area contributed by atoms with Crippen LogP contribution in [0.5, 0.6) is 0 Å². The first-order chi connectivity index (χ1) is 16.0. The molecule has 0 radical (unpaired) electrons. The van der Waals surface area contributed by atoms with Gasteiger partial charge >= 0.3 is 0 Å². The highest BCUT2D eigenvalue weighted by molar-refractivity contribution is 6.17. The standard InChI is InChI=1S/C24H23ClN6O2.2ClH/c1-29-12-15-10-17(20(13-6-7-13)26-23(15)28-29)24-27-21(22(30(24)2)14-8-9-14)16-4-3-5-19(31(32)33)18(16)11-25;;/h3-5,10,12-14H,6-9,11H2,1-2H3;2*1H. The molecule has 35 heavy (non-hydrogen) atoms. The predicted octanol–water partition coefficient (Wildman–Crippen LogP) is 6.28. The molecule has 2 aliphatic carbocycles. The van der Waals surface area contributed by atoms with Gasteiger partial charge in [-0.15, -0.1) is 36.4 Å². The molecule has 4 aromatic rings. The van der Waals surface area contributed by atoms with Gasteiger partial charge < -0.3 is 4.57 Å². The van der Waals surface area contributed by atoms with Crippen molar-refractivity contribution >= 4 is 53.1 Å². The Morgan fingerprint density at radius 2 is 1.80 bits per heavy atom. The molecule has 2 aliphatic rings. The maximum Gasteiger partial charge on any atom is 0.274 e. The summed E-state index contributed by atoms with van der Waals surface area (Å²) in [6.07, 6.45) is 6.39. The van der Waals surface area contributed by atoms with Crippen LogP contribution < -0.4 is 0 Å². The molecular weight excluding hydrogens is 511 g/mol. The minimum Gasteiger partial charge on any atom is -0.330 e. The first-order valence-corrected chi connectivity index (χ1v) is 11.7. The van der Waals surface area contributed by atoms with E-state index in [0.29, 0.717) is 17.4 Å². The summed E-state index contributed by atoms with van der Waals surface area (Å²) < 4.78 is 3.95. The molecule has 0 spiro atoms. The van der Waals surface area contributed by atoms with Crippen molar-refractivity contribution in [2.45, 2.75) is 43.4 Å². The molecule has 2 fully saturated rings. The van der Waals surface area contributed by atoms with Crippen LogP contribution in [-0.4, -0.2) is 29.2 Å². The van der Waals surface area contributed by atoms with Crippen LogP contribution >= 0.6 is 36.4 Å². The number of halogens is 3. The largest absolute Gasteiger partial charge is 0.330 e. The summed E-state index contributed by atoms with van der Waals surface area (Å²) in [5, 5.41) is 17.1. The molecule has 184 valence electrons. The Morgan fingerprint density at radius 3 is 2.43 bits per heavy atom. The predicted molar refractivity (Wildman–Crippen MR) is 141 cm³/mol. The lowest BCUT2D eigenvalue weighted by molar-refractivity contribution is -0.385. The van der Waals surface area contributed by atoms with Crippen LogP contribution in [0.3, 0.4) is 0 Å². The van der Waals surface area contributed by atoms with Crippen molar-refractivity contribution in [3.63, 3.8) is 0 Å².